The zero-order valence-corrected chi connectivity index (χ0v) is 18.8. The maximum Gasteiger partial charge on any atom is 0.186 e. The Kier molecular flexibility index (Phi) is 13.6. The molecule has 1 radical (unpaired) electrons. The second-order valence-electron chi connectivity index (χ2n) is 5.43. The molecule has 1 rings (SSSR count). The Morgan fingerprint density at radius 2 is 1.86 bits per heavy atom. The molecule has 4 heteroatoms. The van der Waals surface area contributed by atoms with Crippen molar-refractivity contribution in [2.75, 3.05) is 0 Å². The molecule has 1 aromatic carbocycles. The Morgan fingerprint density at radius 1 is 1.24 bits per heavy atom. The molecule has 0 bridgehead atoms. The standard InChI is InChI=1S/C17H23OSi.BrH.Zn/c1-5-6-8-13-17(18-19(2,3)4)15-14-16-11-9-7-10-12-16;;/h5,7,9-12H,1,6,8,13H2,2-4H3;1H;/p-1. The molecule has 1 nitrogen and oxygen atoms in total. The van der Waals surface area contributed by atoms with E-state index in [2.05, 4.69) is 38.1 Å². The van der Waals surface area contributed by atoms with E-state index in [-0.39, 0.29) is 36.5 Å². The van der Waals surface area contributed by atoms with E-state index in [1.807, 2.05) is 36.4 Å². The minimum absolute atomic E-state index is 0. The van der Waals surface area contributed by atoms with Gasteiger partial charge in [-0.2, -0.15) is 0 Å². The number of unbranched alkanes of at least 4 members (excludes halogenated alkanes) is 1. The Hall–Kier alpha value is -0.200. The van der Waals surface area contributed by atoms with Crippen LogP contribution in [0.5, 0.6) is 0 Å². The quantitative estimate of drug-likeness (QED) is 0.297. The molecule has 0 aliphatic rings. The first-order chi connectivity index (χ1) is 9.01. The molecule has 1 aromatic rings. The van der Waals surface area contributed by atoms with Crippen LogP contribution in [0.4, 0.5) is 0 Å². The third kappa shape index (κ3) is 12.1. The topological polar surface area (TPSA) is 9.23 Å². The number of hydrogen-bond acceptors (Lipinski definition) is 1. The van der Waals surface area contributed by atoms with E-state index < -0.39 is 8.32 Å². The fourth-order valence-electron chi connectivity index (χ4n) is 1.58. The predicted molar refractivity (Wildman–Crippen MR) is 85.0 cm³/mol. The third-order valence-electron chi connectivity index (χ3n) is 2.36. The molecule has 21 heavy (non-hydrogen) atoms. The van der Waals surface area contributed by atoms with Crippen LogP contribution in [0, 0.1) is 17.9 Å². The number of rotatable bonds is 6. The van der Waals surface area contributed by atoms with Gasteiger partial charge in [0.1, 0.15) is 0 Å². The molecule has 0 aliphatic carbocycles. The van der Waals surface area contributed by atoms with Gasteiger partial charge in [0.15, 0.2) is 14.4 Å². The zero-order valence-electron chi connectivity index (χ0n) is 13.3. The molecular formula is C17H23BrOSiZn-. The van der Waals surface area contributed by atoms with Crippen LogP contribution in [0.15, 0.2) is 43.0 Å². The summed E-state index contributed by atoms with van der Waals surface area (Å²) in [5.74, 6) is 6.37. The van der Waals surface area contributed by atoms with Gasteiger partial charge in [-0.05, 0) is 51.0 Å². The van der Waals surface area contributed by atoms with Crippen LogP contribution in [-0.2, 0) is 23.9 Å². The molecule has 0 fully saturated rings. The van der Waals surface area contributed by atoms with E-state index in [0.29, 0.717) is 0 Å². The summed E-state index contributed by atoms with van der Waals surface area (Å²) in [6, 6.07) is 10.0. The number of allylic oxidation sites excluding steroid dienone is 1. The molecule has 0 N–H and O–H groups in total. The van der Waals surface area contributed by atoms with Gasteiger partial charge in [-0.25, -0.2) is 0 Å². The summed E-state index contributed by atoms with van der Waals surface area (Å²) in [5.41, 5.74) is 1.03. The van der Waals surface area contributed by atoms with Crippen molar-refractivity contribution < 1.29 is 40.9 Å². The zero-order chi connectivity index (χ0) is 14.1. The molecule has 111 valence electrons. The fraction of sp³-hybridized carbons (Fsp3) is 0.353. The van der Waals surface area contributed by atoms with E-state index in [4.69, 9.17) is 4.43 Å². The van der Waals surface area contributed by atoms with Crippen LogP contribution in [0.3, 0.4) is 0 Å². The van der Waals surface area contributed by atoms with E-state index in [9.17, 15) is 0 Å². The minimum atomic E-state index is -1.58. The number of halogens is 1. The van der Waals surface area contributed by atoms with Crippen molar-refractivity contribution in [3.63, 3.8) is 0 Å². The fourth-order valence-corrected chi connectivity index (χ4v) is 2.47. The van der Waals surface area contributed by atoms with Gasteiger partial charge in [0.25, 0.3) is 0 Å². The summed E-state index contributed by atoms with van der Waals surface area (Å²) >= 11 is 0. The largest absolute Gasteiger partial charge is 1.00 e. The maximum atomic E-state index is 6.05. The van der Waals surface area contributed by atoms with Crippen LogP contribution in [-0.4, -0.2) is 8.32 Å². The average molecular weight is 417 g/mol. The second kappa shape index (κ2) is 12.4. The van der Waals surface area contributed by atoms with Crippen LogP contribution in [0.25, 0.3) is 0 Å². The van der Waals surface area contributed by atoms with Crippen molar-refractivity contribution in [1.29, 1.82) is 0 Å². The van der Waals surface area contributed by atoms with Gasteiger partial charge in [0.05, 0.1) is 0 Å². The third-order valence-corrected chi connectivity index (χ3v) is 3.22. The van der Waals surface area contributed by atoms with Crippen molar-refractivity contribution in [3.8, 4) is 11.8 Å². The maximum absolute atomic E-state index is 6.05. The van der Waals surface area contributed by atoms with Crippen molar-refractivity contribution in [1.82, 2.24) is 0 Å². The summed E-state index contributed by atoms with van der Waals surface area (Å²) in [4.78, 5) is 0. The summed E-state index contributed by atoms with van der Waals surface area (Å²) in [7, 11) is -1.58. The van der Waals surface area contributed by atoms with Gasteiger partial charge in [0, 0.05) is 25.0 Å². The summed E-state index contributed by atoms with van der Waals surface area (Å²) in [5, 5.41) is 0. The summed E-state index contributed by atoms with van der Waals surface area (Å²) < 4.78 is 6.05. The Balaban J connectivity index is 0. The van der Waals surface area contributed by atoms with Gasteiger partial charge < -0.3 is 21.4 Å². The molecule has 0 unspecified atom stereocenters. The van der Waals surface area contributed by atoms with Gasteiger partial charge in [-0.3, -0.25) is 0 Å². The van der Waals surface area contributed by atoms with E-state index in [0.717, 1.165) is 30.9 Å². The molecule has 0 atom stereocenters. The van der Waals surface area contributed by atoms with Crippen LogP contribution in [0.2, 0.25) is 19.6 Å². The molecule has 0 saturated carbocycles. The smallest absolute Gasteiger partial charge is 0.186 e. The molecule has 0 heterocycles. The summed E-state index contributed by atoms with van der Waals surface area (Å²) in [6.07, 6.45) is 5.82. The first-order valence-electron chi connectivity index (χ1n) is 6.74. The SMILES string of the molecule is C=CCCC[C](C#Cc1ccccc1)O[Si](C)(C)C.[Br-].[Zn]. The van der Waals surface area contributed by atoms with E-state index in [1.54, 1.807) is 0 Å². The number of benzene rings is 1. The van der Waals surface area contributed by atoms with Crippen LogP contribution < -0.4 is 17.0 Å². The van der Waals surface area contributed by atoms with Gasteiger partial charge >= 0.3 is 0 Å². The van der Waals surface area contributed by atoms with Gasteiger partial charge in [-0.15, -0.1) is 6.58 Å². The molecule has 0 aromatic heterocycles. The van der Waals surface area contributed by atoms with Crippen LogP contribution >= 0.6 is 0 Å². The molecular weight excluding hydrogens is 394 g/mol. The van der Waals surface area contributed by atoms with Crippen LogP contribution in [0.1, 0.15) is 24.8 Å². The second-order valence-corrected chi connectivity index (χ2v) is 9.86. The minimum Gasteiger partial charge on any atom is -1.00 e. The van der Waals surface area contributed by atoms with E-state index >= 15 is 0 Å². The molecule has 0 amide bonds. The first-order valence-corrected chi connectivity index (χ1v) is 10.1. The number of hydrogen-bond donors (Lipinski definition) is 0. The normalized spacial score (nSPS) is 9.90. The van der Waals surface area contributed by atoms with E-state index in [1.165, 1.54) is 0 Å². The van der Waals surface area contributed by atoms with Gasteiger partial charge in [-0.1, -0.05) is 36.1 Å². The molecule has 0 aliphatic heterocycles. The van der Waals surface area contributed by atoms with Crippen molar-refractivity contribution >= 4 is 8.32 Å². The molecule has 0 spiro atoms. The monoisotopic (exact) mass is 414 g/mol. The predicted octanol–water partition coefficient (Wildman–Crippen LogP) is 1.78. The first kappa shape index (κ1) is 23.1. The Labute approximate surface area is 154 Å². The van der Waals surface area contributed by atoms with Crippen molar-refractivity contribution in [3.05, 3.63) is 54.7 Å². The Bertz CT molecular complexity index is 445. The average Bonchev–Trinajstić information content (AvgIpc) is 2.36. The Morgan fingerprint density at radius 3 is 2.38 bits per heavy atom. The van der Waals surface area contributed by atoms with Gasteiger partial charge in [0.2, 0.25) is 0 Å². The van der Waals surface area contributed by atoms with Crippen molar-refractivity contribution in [2.45, 2.75) is 38.9 Å². The summed E-state index contributed by atoms with van der Waals surface area (Å²) in [6.45, 7) is 10.3. The molecule has 0 saturated heterocycles. The van der Waals surface area contributed by atoms with Crippen molar-refractivity contribution in [2.24, 2.45) is 0 Å².